The maximum atomic E-state index is 9.21. The lowest BCUT2D eigenvalue weighted by Gasteiger charge is -2.58. The fraction of sp³-hybridized carbons (Fsp3) is 0.850. The Kier molecular flexibility index (Phi) is 5.11. The molecule has 0 N–H and O–H groups in total. The molecule has 0 unspecified atom stereocenters. The molecular formula is C20H35NO3Si. The number of nitrogens with zero attached hydrogens (tertiary/aromatic N) is 1. The first-order chi connectivity index (χ1) is 11.2. The van der Waals surface area contributed by atoms with Gasteiger partial charge in [-0.1, -0.05) is 26.8 Å². The smallest absolute Gasteiger partial charge is 0.192 e. The monoisotopic (exact) mass is 365 g/mol. The Hall–Kier alpha value is -0.673. The lowest BCUT2D eigenvalue weighted by Crippen LogP contribution is -2.69. The van der Waals surface area contributed by atoms with Crippen molar-refractivity contribution in [1.29, 1.82) is 5.26 Å². The zero-order valence-electron chi connectivity index (χ0n) is 17.4. The van der Waals surface area contributed by atoms with E-state index in [1.54, 1.807) is 0 Å². The van der Waals surface area contributed by atoms with Crippen LogP contribution in [0.1, 0.15) is 61.3 Å². The average Bonchev–Trinajstić information content (AvgIpc) is 2.64. The van der Waals surface area contributed by atoms with E-state index < -0.39 is 25.3 Å². The minimum atomic E-state index is -1.89. The third-order valence-corrected chi connectivity index (χ3v) is 7.25. The van der Waals surface area contributed by atoms with Crippen molar-refractivity contribution in [2.24, 2.45) is 5.41 Å². The van der Waals surface area contributed by atoms with Crippen molar-refractivity contribution in [2.45, 2.75) is 104 Å². The van der Waals surface area contributed by atoms with Gasteiger partial charge in [0.05, 0.1) is 12.2 Å². The molecular weight excluding hydrogens is 330 g/mol. The predicted octanol–water partition coefficient (Wildman–Crippen LogP) is 5.17. The highest BCUT2D eigenvalue weighted by Crippen LogP contribution is 2.57. The van der Waals surface area contributed by atoms with Crippen molar-refractivity contribution in [1.82, 2.24) is 0 Å². The minimum absolute atomic E-state index is 0.0450. The van der Waals surface area contributed by atoms with Crippen molar-refractivity contribution in [3.05, 3.63) is 11.6 Å². The van der Waals surface area contributed by atoms with Gasteiger partial charge in [0.2, 0.25) is 0 Å². The molecule has 142 valence electrons. The van der Waals surface area contributed by atoms with Crippen molar-refractivity contribution in [3.8, 4) is 6.07 Å². The summed E-state index contributed by atoms with van der Waals surface area (Å²) < 4.78 is 19.6. The summed E-state index contributed by atoms with van der Waals surface area (Å²) in [7, 11) is -1.89. The third-order valence-electron chi connectivity index (χ3n) is 5.14. The summed E-state index contributed by atoms with van der Waals surface area (Å²) >= 11 is 0. The van der Waals surface area contributed by atoms with Gasteiger partial charge in [-0.05, 0) is 64.2 Å². The summed E-state index contributed by atoms with van der Waals surface area (Å²) in [5, 5.41) is 9.21. The molecule has 2 heterocycles. The first-order valence-electron chi connectivity index (χ1n) is 9.34. The lowest BCUT2D eigenvalue weighted by atomic mass is 9.70. The second kappa shape index (κ2) is 6.19. The molecule has 2 aliphatic heterocycles. The zero-order valence-corrected chi connectivity index (χ0v) is 18.4. The molecule has 3 atom stereocenters. The molecule has 1 spiro atoms. The Labute approximate surface area is 154 Å². The van der Waals surface area contributed by atoms with E-state index in [-0.39, 0.29) is 11.5 Å². The van der Waals surface area contributed by atoms with Crippen LogP contribution in [0.2, 0.25) is 19.1 Å². The SMILES string of the molecule is C[C@@H]1OC(C)(C)O[C@@](C)(CCC#N)[C@@]12O[Si](C)(C)C/C2=C\C(C)(C)C. The van der Waals surface area contributed by atoms with E-state index in [2.05, 4.69) is 59.9 Å². The van der Waals surface area contributed by atoms with Crippen LogP contribution in [0.15, 0.2) is 11.6 Å². The van der Waals surface area contributed by atoms with E-state index in [1.165, 1.54) is 5.57 Å². The summed E-state index contributed by atoms with van der Waals surface area (Å²) in [6, 6.07) is 3.26. The molecule has 0 saturated carbocycles. The van der Waals surface area contributed by atoms with E-state index in [0.717, 1.165) is 6.04 Å². The molecule has 0 aliphatic carbocycles. The van der Waals surface area contributed by atoms with Crippen LogP contribution in [0.3, 0.4) is 0 Å². The van der Waals surface area contributed by atoms with Crippen LogP contribution in [-0.4, -0.2) is 31.4 Å². The molecule has 5 heteroatoms. The predicted molar refractivity (Wildman–Crippen MR) is 103 cm³/mol. The largest absolute Gasteiger partial charge is 0.403 e. The highest BCUT2D eigenvalue weighted by Gasteiger charge is 2.67. The van der Waals surface area contributed by atoms with Crippen molar-refractivity contribution >= 4 is 8.32 Å². The van der Waals surface area contributed by atoms with E-state index >= 15 is 0 Å². The van der Waals surface area contributed by atoms with E-state index in [0.29, 0.717) is 12.8 Å². The van der Waals surface area contributed by atoms with Gasteiger partial charge in [0, 0.05) is 6.42 Å². The molecule has 2 saturated heterocycles. The van der Waals surface area contributed by atoms with E-state index in [4.69, 9.17) is 13.9 Å². The minimum Gasteiger partial charge on any atom is -0.403 e. The van der Waals surface area contributed by atoms with Crippen LogP contribution in [0.25, 0.3) is 0 Å². The molecule has 0 aromatic rings. The number of hydrogen-bond donors (Lipinski definition) is 0. The standard InChI is InChI=1S/C20H35NO3Si/c1-15-20(16(13-17(2,3)4)14-25(8,9)24-20)19(7,11-10-12-21)23-18(5,6)22-15/h13,15H,10-11,14H2,1-9H3/b16-13+/t15-,19-,20+/m0/s1. The van der Waals surface area contributed by atoms with Crippen LogP contribution in [0.5, 0.6) is 0 Å². The van der Waals surface area contributed by atoms with Crippen LogP contribution < -0.4 is 0 Å². The second-order valence-electron chi connectivity index (χ2n) is 9.96. The van der Waals surface area contributed by atoms with E-state index in [9.17, 15) is 5.26 Å². The number of nitriles is 1. The molecule has 0 bridgehead atoms. The number of hydrogen-bond acceptors (Lipinski definition) is 4. The first kappa shape index (κ1) is 20.6. The topological polar surface area (TPSA) is 51.5 Å². The number of rotatable bonds is 2. The summed E-state index contributed by atoms with van der Waals surface area (Å²) in [5.41, 5.74) is 0.119. The summed E-state index contributed by atoms with van der Waals surface area (Å²) in [6.07, 6.45) is 3.28. The van der Waals surface area contributed by atoms with Gasteiger partial charge in [0.1, 0.15) is 11.2 Å². The quantitative estimate of drug-likeness (QED) is 0.500. The first-order valence-corrected chi connectivity index (χ1v) is 12.5. The maximum Gasteiger partial charge on any atom is 0.192 e. The lowest BCUT2D eigenvalue weighted by molar-refractivity contribution is -0.378. The van der Waals surface area contributed by atoms with Crippen molar-refractivity contribution < 1.29 is 13.9 Å². The molecule has 25 heavy (non-hydrogen) atoms. The van der Waals surface area contributed by atoms with Crippen LogP contribution >= 0.6 is 0 Å². The zero-order chi connectivity index (χ0) is 19.3. The molecule has 4 nitrogen and oxygen atoms in total. The molecule has 0 aromatic carbocycles. The summed E-state index contributed by atoms with van der Waals surface area (Å²) in [4.78, 5) is 0. The fourth-order valence-electron chi connectivity index (χ4n) is 4.71. The van der Waals surface area contributed by atoms with Crippen molar-refractivity contribution in [3.63, 3.8) is 0 Å². The van der Waals surface area contributed by atoms with Gasteiger partial charge in [-0.25, -0.2) is 0 Å². The van der Waals surface area contributed by atoms with Gasteiger partial charge in [0.25, 0.3) is 0 Å². The molecule has 0 amide bonds. The van der Waals surface area contributed by atoms with Crippen molar-refractivity contribution in [2.75, 3.05) is 0 Å². The van der Waals surface area contributed by atoms with Gasteiger partial charge in [-0.3, -0.25) is 0 Å². The average molecular weight is 366 g/mol. The highest BCUT2D eigenvalue weighted by molar-refractivity contribution is 6.72. The Morgan fingerprint density at radius 1 is 1.28 bits per heavy atom. The van der Waals surface area contributed by atoms with Gasteiger partial charge in [0.15, 0.2) is 14.1 Å². The fourth-order valence-corrected chi connectivity index (χ4v) is 7.45. The second-order valence-corrected chi connectivity index (χ2v) is 14.0. The van der Waals surface area contributed by atoms with Gasteiger partial charge in [-0.2, -0.15) is 5.26 Å². The Balaban J connectivity index is 2.65. The normalized spacial score (nSPS) is 38.9. The molecule has 2 rings (SSSR count). The molecule has 2 aliphatic rings. The third kappa shape index (κ3) is 3.87. The summed E-state index contributed by atoms with van der Waals surface area (Å²) in [5.74, 6) is -0.695. The molecule has 0 radical (unpaired) electrons. The van der Waals surface area contributed by atoms with Crippen LogP contribution in [-0.2, 0) is 13.9 Å². The molecule has 0 aromatic heterocycles. The van der Waals surface area contributed by atoms with Gasteiger partial charge >= 0.3 is 0 Å². The maximum absolute atomic E-state index is 9.21. The number of ether oxygens (including phenoxy) is 2. The van der Waals surface area contributed by atoms with Crippen LogP contribution in [0, 0.1) is 16.7 Å². The summed E-state index contributed by atoms with van der Waals surface area (Å²) in [6.45, 7) is 19.3. The number of allylic oxidation sites excluding steroid dienone is 1. The Morgan fingerprint density at radius 3 is 2.40 bits per heavy atom. The Morgan fingerprint density at radius 2 is 1.88 bits per heavy atom. The highest BCUT2D eigenvalue weighted by atomic mass is 28.4. The van der Waals surface area contributed by atoms with Crippen LogP contribution in [0.4, 0.5) is 0 Å². The molecule has 2 fully saturated rings. The Bertz CT molecular complexity index is 599. The van der Waals surface area contributed by atoms with Gasteiger partial charge in [-0.15, -0.1) is 0 Å². The van der Waals surface area contributed by atoms with Gasteiger partial charge < -0.3 is 13.9 Å². The van der Waals surface area contributed by atoms with E-state index in [1.807, 2.05) is 13.8 Å².